The molecule has 34 heavy (non-hydrogen) atoms. The van der Waals surface area contributed by atoms with Gasteiger partial charge in [0.25, 0.3) is 5.69 Å². The lowest BCUT2D eigenvalue weighted by atomic mass is 10.2. The maximum Gasteiger partial charge on any atom is 0.270 e. The van der Waals surface area contributed by atoms with Gasteiger partial charge in [-0.05, 0) is 35.9 Å². The van der Waals surface area contributed by atoms with E-state index in [1.165, 1.54) is 18.3 Å². The van der Waals surface area contributed by atoms with Gasteiger partial charge in [-0.1, -0.05) is 54.6 Å². The minimum atomic E-state index is -0.435. The number of hydrogen-bond donors (Lipinski definition) is 3. The lowest BCUT2D eigenvalue weighted by Crippen LogP contribution is -2.07. The third kappa shape index (κ3) is 6.44. The zero-order valence-electron chi connectivity index (χ0n) is 17.9. The number of nitro groups is 1. The van der Waals surface area contributed by atoms with E-state index in [1.807, 2.05) is 60.7 Å². The maximum atomic E-state index is 10.9. The first-order chi connectivity index (χ1) is 16.7. The SMILES string of the molecule is O=[N+]([O-])c1cccc(/C=C/C=N/Nc2nc(Nc3ccccc3)nc(Nc3ccccc3)n2)c1. The Morgan fingerprint density at radius 2 is 1.35 bits per heavy atom. The molecule has 0 amide bonds. The van der Waals surface area contributed by atoms with Crippen molar-refractivity contribution in [1.29, 1.82) is 0 Å². The number of nitrogens with zero attached hydrogens (tertiary/aromatic N) is 5. The number of nitro benzene ring substituents is 1. The zero-order valence-corrected chi connectivity index (χ0v) is 17.9. The molecule has 10 heteroatoms. The molecule has 0 unspecified atom stereocenters. The lowest BCUT2D eigenvalue weighted by Gasteiger charge is -2.10. The first-order valence-electron chi connectivity index (χ1n) is 10.3. The summed E-state index contributed by atoms with van der Waals surface area (Å²) in [6.45, 7) is 0. The van der Waals surface area contributed by atoms with Crippen molar-refractivity contribution in [3.8, 4) is 0 Å². The average Bonchev–Trinajstić information content (AvgIpc) is 2.85. The van der Waals surface area contributed by atoms with Crippen LogP contribution < -0.4 is 16.1 Å². The average molecular weight is 452 g/mol. The molecule has 0 aliphatic heterocycles. The molecule has 0 aliphatic rings. The van der Waals surface area contributed by atoms with Crippen molar-refractivity contribution in [2.75, 3.05) is 16.1 Å². The summed E-state index contributed by atoms with van der Waals surface area (Å²) in [7, 11) is 0. The van der Waals surface area contributed by atoms with Crippen LogP contribution in [0.5, 0.6) is 0 Å². The maximum absolute atomic E-state index is 10.9. The van der Waals surface area contributed by atoms with E-state index in [2.05, 4.69) is 36.1 Å². The second-order valence-electron chi connectivity index (χ2n) is 6.89. The van der Waals surface area contributed by atoms with Gasteiger partial charge in [-0.2, -0.15) is 20.1 Å². The molecule has 0 spiro atoms. The smallest absolute Gasteiger partial charge is 0.270 e. The normalized spacial score (nSPS) is 10.9. The van der Waals surface area contributed by atoms with E-state index in [4.69, 9.17) is 0 Å². The molecular formula is C24H20N8O2. The second kappa shape index (κ2) is 11.0. The Bertz CT molecular complexity index is 1250. The van der Waals surface area contributed by atoms with Crippen molar-refractivity contribution in [3.05, 3.63) is 107 Å². The first-order valence-corrected chi connectivity index (χ1v) is 10.3. The summed E-state index contributed by atoms with van der Waals surface area (Å²) in [6.07, 6.45) is 4.85. The lowest BCUT2D eigenvalue weighted by molar-refractivity contribution is -0.384. The summed E-state index contributed by atoms with van der Waals surface area (Å²) >= 11 is 0. The van der Waals surface area contributed by atoms with Crippen molar-refractivity contribution >= 4 is 47.2 Å². The number of para-hydroxylation sites is 2. The molecule has 0 radical (unpaired) electrons. The standard InChI is InChI=1S/C24H20N8O2/c33-32(34)21-15-7-9-18(17-21)10-8-16-25-31-24-29-22(26-19-11-3-1-4-12-19)28-23(30-24)27-20-13-5-2-6-14-20/h1-17H,(H3,26,27,28,29,30,31)/b10-8+,25-16+. The zero-order chi connectivity index (χ0) is 23.6. The van der Waals surface area contributed by atoms with Crippen LogP contribution in [0, 0.1) is 10.1 Å². The number of anilines is 5. The Hall–Kier alpha value is -5.12. The number of benzene rings is 3. The van der Waals surface area contributed by atoms with Crippen LogP contribution in [-0.4, -0.2) is 26.1 Å². The largest absolute Gasteiger partial charge is 0.324 e. The summed E-state index contributed by atoms with van der Waals surface area (Å²) in [6, 6.07) is 25.4. The number of aromatic nitrogens is 3. The topological polar surface area (TPSA) is 130 Å². The first kappa shape index (κ1) is 22.1. The van der Waals surface area contributed by atoms with E-state index in [0.29, 0.717) is 17.5 Å². The van der Waals surface area contributed by atoms with Crippen LogP contribution in [0.2, 0.25) is 0 Å². The van der Waals surface area contributed by atoms with Crippen LogP contribution >= 0.6 is 0 Å². The fourth-order valence-corrected chi connectivity index (χ4v) is 2.87. The number of rotatable bonds is 9. The van der Waals surface area contributed by atoms with Crippen LogP contribution in [0.15, 0.2) is 96.1 Å². The fraction of sp³-hybridized carbons (Fsp3) is 0. The molecule has 4 rings (SSSR count). The number of hydrazone groups is 1. The monoisotopic (exact) mass is 452 g/mol. The molecule has 168 valence electrons. The van der Waals surface area contributed by atoms with Crippen molar-refractivity contribution in [2.45, 2.75) is 0 Å². The molecule has 1 heterocycles. The molecule has 0 atom stereocenters. The molecule has 0 bridgehead atoms. The van der Waals surface area contributed by atoms with Crippen molar-refractivity contribution in [1.82, 2.24) is 15.0 Å². The van der Waals surface area contributed by atoms with Crippen LogP contribution in [-0.2, 0) is 0 Å². The van der Waals surface area contributed by atoms with Crippen LogP contribution in [0.3, 0.4) is 0 Å². The molecule has 0 aliphatic carbocycles. The van der Waals surface area contributed by atoms with Gasteiger partial charge < -0.3 is 10.6 Å². The molecular weight excluding hydrogens is 432 g/mol. The van der Waals surface area contributed by atoms with Gasteiger partial charge in [0.2, 0.25) is 17.8 Å². The number of nitrogens with one attached hydrogen (secondary N) is 3. The molecule has 10 nitrogen and oxygen atoms in total. The third-order valence-electron chi connectivity index (χ3n) is 4.39. The Kier molecular flexibility index (Phi) is 7.12. The highest BCUT2D eigenvalue weighted by atomic mass is 16.6. The summed E-state index contributed by atoms with van der Waals surface area (Å²) < 4.78 is 0. The number of allylic oxidation sites excluding steroid dienone is 1. The molecule has 0 saturated carbocycles. The molecule has 1 aromatic heterocycles. The van der Waals surface area contributed by atoms with E-state index in [9.17, 15) is 10.1 Å². The van der Waals surface area contributed by atoms with Crippen LogP contribution in [0.25, 0.3) is 6.08 Å². The van der Waals surface area contributed by atoms with E-state index in [0.717, 1.165) is 11.4 Å². The van der Waals surface area contributed by atoms with Gasteiger partial charge in [0, 0.05) is 29.7 Å². The summed E-state index contributed by atoms with van der Waals surface area (Å²) in [5.74, 6) is 0.904. The molecule has 0 fully saturated rings. The minimum Gasteiger partial charge on any atom is -0.324 e. The van der Waals surface area contributed by atoms with Crippen molar-refractivity contribution < 1.29 is 4.92 Å². The number of non-ortho nitro benzene ring substituents is 1. The van der Waals surface area contributed by atoms with Gasteiger partial charge >= 0.3 is 0 Å². The Labute approximate surface area is 195 Å². The molecule has 3 aromatic carbocycles. The molecule has 4 aromatic rings. The van der Waals surface area contributed by atoms with Gasteiger partial charge in [0.1, 0.15) is 0 Å². The highest BCUT2D eigenvalue weighted by Gasteiger charge is 2.07. The fourth-order valence-electron chi connectivity index (χ4n) is 2.87. The Morgan fingerprint density at radius 1 is 0.765 bits per heavy atom. The van der Waals surface area contributed by atoms with Gasteiger partial charge in [-0.3, -0.25) is 10.1 Å². The Morgan fingerprint density at radius 3 is 1.94 bits per heavy atom. The highest BCUT2D eigenvalue weighted by Crippen LogP contribution is 2.18. The van der Waals surface area contributed by atoms with Crippen LogP contribution in [0.1, 0.15) is 5.56 Å². The number of hydrogen-bond acceptors (Lipinski definition) is 9. The van der Waals surface area contributed by atoms with Crippen molar-refractivity contribution in [2.24, 2.45) is 5.10 Å². The quantitative estimate of drug-likeness (QED) is 0.175. The van der Waals surface area contributed by atoms with E-state index >= 15 is 0 Å². The van der Waals surface area contributed by atoms with Crippen LogP contribution in [0.4, 0.5) is 34.9 Å². The summed E-state index contributed by atoms with van der Waals surface area (Å²) in [5.41, 5.74) is 5.15. The molecule has 3 N–H and O–H groups in total. The second-order valence-corrected chi connectivity index (χ2v) is 6.89. The third-order valence-corrected chi connectivity index (χ3v) is 4.39. The molecule has 0 saturated heterocycles. The Balaban J connectivity index is 1.49. The predicted octanol–water partition coefficient (Wildman–Crippen LogP) is 5.38. The van der Waals surface area contributed by atoms with E-state index in [1.54, 1.807) is 24.3 Å². The highest BCUT2D eigenvalue weighted by molar-refractivity contribution is 5.79. The van der Waals surface area contributed by atoms with E-state index < -0.39 is 4.92 Å². The van der Waals surface area contributed by atoms with Crippen molar-refractivity contribution in [3.63, 3.8) is 0 Å². The van der Waals surface area contributed by atoms with Gasteiger partial charge in [-0.15, -0.1) is 0 Å². The minimum absolute atomic E-state index is 0.0271. The van der Waals surface area contributed by atoms with Gasteiger partial charge in [0.15, 0.2) is 0 Å². The van der Waals surface area contributed by atoms with Gasteiger partial charge in [0.05, 0.1) is 4.92 Å². The van der Waals surface area contributed by atoms with Gasteiger partial charge in [-0.25, -0.2) is 5.43 Å². The summed E-state index contributed by atoms with van der Waals surface area (Å²) in [5, 5.41) is 21.3. The predicted molar refractivity (Wildman–Crippen MR) is 134 cm³/mol. The summed E-state index contributed by atoms with van der Waals surface area (Å²) in [4.78, 5) is 23.6. The van der Waals surface area contributed by atoms with E-state index in [-0.39, 0.29) is 11.6 Å².